The van der Waals surface area contributed by atoms with Crippen LogP contribution in [0.4, 0.5) is 0 Å². The molecule has 94 valence electrons. The Morgan fingerprint density at radius 3 is 2.62 bits per heavy atom. The summed E-state index contributed by atoms with van der Waals surface area (Å²) < 4.78 is 0.492. The van der Waals surface area contributed by atoms with Crippen molar-refractivity contribution in [2.45, 2.75) is 36.9 Å². The fourth-order valence-electron chi connectivity index (χ4n) is 2.68. The molecule has 0 atom stereocenters. The van der Waals surface area contributed by atoms with Crippen LogP contribution in [0, 0.1) is 0 Å². The average molecular weight is 355 g/mol. The van der Waals surface area contributed by atoms with Crippen molar-refractivity contribution >= 4 is 41.7 Å². The average Bonchev–Trinajstić information content (AvgIpc) is 2.29. The van der Waals surface area contributed by atoms with E-state index in [1.54, 1.807) is 7.05 Å². The highest BCUT2D eigenvalue weighted by molar-refractivity contribution is 14.0. The van der Waals surface area contributed by atoms with Crippen molar-refractivity contribution in [2.24, 2.45) is 10.7 Å². The number of hydrogen-bond acceptors (Lipinski definition) is 2. The molecular weight excluding hydrogens is 333 g/mol. The molecule has 0 aromatic heterocycles. The third kappa shape index (κ3) is 3.18. The molecule has 1 aliphatic heterocycles. The van der Waals surface area contributed by atoms with E-state index >= 15 is 0 Å². The maximum absolute atomic E-state index is 5.90. The first-order chi connectivity index (χ1) is 7.26. The second-order valence-electron chi connectivity index (χ2n) is 4.60. The molecule has 2 aliphatic rings. The van der Waals surface area contributed by atoms with Crippen molar-refractivity contribution < 1.29 is 0 Å². The van der Waals surface area contributed by atoms with Crippen LogP contribution in [0.5, 0.6) is 0 Å². The SMILES string of the molecule is CN=C(N)N1CCSC2(CCCCC2)C1.I. The lowest BCUT2D eigenvalue weighted by molar-refractivity contribution is 0.297. The Labute approximate surface area is 120 Å². The molecule has 3 nitrogen and oxygen atoms in total. The van der Waals surface area contributed by atoms with Crippen LogP contribution in [-0.4, -0.2) is 41.5 Å². The topological polar surface area (TPSA) is 41.6 Å². The van der Waals surface area contributed by atoms with Gasteiger partial charge in [0.05, 0.1) is 0 Å². The molecule has 1 spiro atoms. The maximum atomic E-state index is 5.90. The quantitative estimate of drug-likeness (QED) is 0.412. The summed E-state index contributed by atoms with van der Waals surface area (Å²) in [4.78, 5) is 6.37. The molecule has 2 N–H and O–H groups in total. The van der Waals surface area contributed by atoms with Crippen LogP contribution in [0.25, 0.3) is 0 Å². The van der Waals surface area contributed by atoms with Gasteiger partial charge in [-0.05, 0) is 12.8 Å². The number of nitrogens with two attached hydrogens (primary N) is 1. The number of nitrogens with zero attached hydrogens (tertiary/aromatic N) is 2. The Kier molecular flexibility index (Phi) is 5.70. The monoisotopic (exact) mass is 355 g/mol. The molecule has 1 aliphatic carbocycles. The largest absolute Gasteiger partial charge is 0.370 e. The summed E-state index contributed by atoms with van der Waals surface area (Å²) in [6, 6.07) is 0. The summed E-state index contributed by atoms with van der Waals surface area (Å²) in [6.45, 7) is 2.18. The minimum atomic E-state index is 0. The highest BCUT2D eigenvalue weighted by Gasteiger charge is 2.37. The lowest BCUT2D eigenvalue weighted by Gasteiger charge is -2.45. The molecule has 1 heterocycles. The molecule has 16 heavy (non-hydrogen) atoms. The summed E-state index contributed by atoms with van der Waals surface area (Å²) in [5.41, 5.74) is 5.90. The van der Waals surface area contributed by atoms with Gasteiger partial charge in [0, 0.05) is 30.6 Å². The minimum Gasteiger partial charge on any atom is -0.370 e. The summed E-state index contributed by atoms with van der Waals surface area (Å²) >= 11 is 2.17. The van der Waals surface area contributed by atoms with Gasteiger partial charge in [-0.1, -0.05) is 19.3 Å². The molecule has 0 radical (unpaired) electrons. The Bertz CT molecular complexity index is 246. The Hall–Kier alpha value is 0.350. The minimum absolute atomic E-state index is 0. The van der Waals surface area contributed by atoms with E-state index in [0.717, 1.165) is 19.0 Å². The van der Waals surface area contributed by atoms with Crippen LogP contribution in [0.3, 0.4) is 0 Å². The molecule has 1 saturated carbocycles. The van der Waals surface area contributed by atoms with E-state index in [0.29, 0.717) is 4.75 Å². The van der Waals surface area contributed by atoms with Gasteiger partial charge in [-0.2, -0.15) is 11.8 Å². The molecule has 5 heteroatoms. The van der Waals surface area contributed by atoms with Gasteiger partial charge in [0.15, 0.2) is 5.96 Å². The van der Waals surface area contributed by atoms with Crippen molar-refractivity contribution in [3.8, 4) is 0 Å². The van der Waals surface area contributed by atoms with E-state index < -0.39 is 0 Å². The number of aliphatic imine (C=N–C) groups is 1. The van der Waals surface area contributed by atoms with Gasteiger partial charge in [0.2, 0.25) is 0 Å². The van der Waals surface area contributed by atoms with Crippen molar-refractivity contribution in [1.29, 1.82) is 0 Å². The number of guanidine groups is 1. The predicted octanol–water partition coefficient (Wildman–Crippen LogP) is 2.30. The number of halogens is 1. The first kappa shape index (κ1) is 14.4. The lowest BCUT2D eigenvalue weighted by Crippen LogP contribution is -2.52. The van der Waals surface area contributed by atoms with Gasteiger partial charge in [-0.3, -0.25) is 4.99 Å². The molecule has 0 bridgehead atoms. The zero-order chi connectivity index (χ0) is 10.7. The molecule has 0 aromatic rings. The van der Waals surface area contributed by atoms with E-state index in [1.807, 2.05) is 0 Å². The van der Waals surface area contributed by atoms with Crippen LogP contribution >= 0.6 is 35.7 Å². The Morgan fingerprint density at radius 1 is 1.31 bits per heavy atom. The zero-order valence-corrected chi connectivity index (χ0v) is 13.1. The summed E-state index contributed by atoms with van der Waals surface area (Å²) in [5, 5.41) is 0. The van der Waals surface area contributed by atoms with Gasteiger partial charge < -0.3 is 10.6 Å². The highest BCUT2D eigenvalue weighted by atomic mass is 127. The fraction of sp³-hybridized carbons (Fsp3) is 0.909. The molecule has 0 amide bonds. The van der Waals surface area contributed by atoms with Crippen molar-refractivity contribution in [3.63, 3.8) is 0 Å². The van der Waals surface area contributed by atoms with Crippen molar-refractivity contribution in [2.75, 3.05) is 25.9 Å². The van der Waals surface area contributed by atoms with Crippen LogP contribution in [-0.2, 0) is 0 Å². The number of hydrogen-bond donors (Lipinski definition) is 1. The van der Waals surface area contributed by atoms with Crippen LogP contribution in [0.15, 0.2) is 4.99 Å². The number of rotatable bonds is 0. The van der Waals surface area contributed by atoms with Gasteiger partial charge >= 0.3 is 0 Å². The third-order valence-electron chi connectivity index (χ3n) is 3.57. The highest BCUT2D eigenvalue weighted by Crippen LogP contribution is 2.42. The first-order valence-corrected chi connectivity index (χ1v) is 6.85. The van der Waals surface area contributed by atoms with Crippen LogP contribution < -0.4 is 5.73 Å². The molecule has 2 rings (SSSR count). The van der Waals surface area contributed by atoms with Gasteiger partial charge in [-0.15, -0.1) is 24.0 Å². The van der Waals surface area contributed by atoms with Gasteiger partial charge in [-0.25, -0.2) is 0 Å². The summed E-state index contributed by atoms with van der Waals surface area (Å²) in [7, 11) is 1.78. The maximum Gasteiger partial charge on any atom is 0.191 e. The Balaban J connectivity index is 0.00000128. The number of thioether (sulfide) groups is 1. The van der Waals surface area contributed by atoms with E-state index in [9.17, 15) is 0 Å². The van der Waals surface area contributed by atoms with E-state index in [4.69, 9.17) is 5.73 Å². The Morgan fingerprint density at radius 2 is 2.00 bits per heavy atom. The second kappa shape index (κ2) is 6.33. The van der Waals surface area contributed by atoms with E-state index in [-0.39, 0.29) is 24.0 Å². The lowest BCUT2D eigenvalue weighted by atomic mass is 9.87. The molecular formula is C11H22IN3S. The summed E-state index contributed by atoms with van der Waals surface area (Å²) in [5.74, 6) is 1.93. The standard InChI is InChI=1S/C11H21N3S.HI/c1-13-10(12)14-7-8-15-11(9-14)5-3-2-4-6-11;/h2-9H2,1H3,(H2,12,13);1H. The molecule has 0 unspecified atom stereocenters. The molecule has 0 aromatic carbocycles. The second-order valence-corrected chi connectivity index (χ2v) is 6.16. The van der Waals surface area contributed by atoms with Crippen molar-refractivity contribution in [3.05, 3.63) is 0 Å². The third-order valence-corrected chi connectivity index (χ3v) is 5.10. The first-order valence-electron chi connectivity index (χ1n) is 5.87. The van der Waals surface area contributed by atoms with Crippen LogP contribution in [0.2, 0.25) is 0 Å². The summed E-state index contributed by atoms with van der Waals surface area (Å²) in [6.07, 6.45) is 6.93. The van der Waals surface area contributed by atoms with Crippen LogP contribution in [0.1, 0.15) is 32.1 Å². The normalized spacial score (nSPS) is 25.3. The van der Waals surface area contributed by atoms with Gasteiger partial charge in [0.25, 0.3) is 0 Å². The van der Waals surface area contributed by atoms with Crippen molar-refractivity contribution in [1.82, 2.24) is 4.90 Å². The molecule has 2 fully saturated rings. The predicted molar refractivity (Wildman–Crippen MR) is 82.8 cm³/mol. The fourth-order valence-corrected chi connectivity index (χ4v) is 4.25. The smallest absolute Gasteiger partial charge is 0.191 e. The van der Waals surface area contributed by atoms with E-state index in [1.165, 1.54) is 37.9 Å². The van der Waals surface area contributed by atoms with E-state index in [2.05, 4.69) is 21.7 Å². The molecule has 1 saturated heterocycles. The van der Waals surface area contributed by atoms with Gasteiger partial charge in [0.1, 0.15) is 0 Å². The zero-order valence-electron chi connectivity index (χ0n) is 9.95.